The molecule has 0 fully saturated rings. The lowest BCUT2D eigenvalue weighted by atomic mass is 10.00. The molecule has 1 aromatic heterocycles. The predicted octanol–water partition coefficient (Wildman–Crippen LogP) is 4.12. The highest BCUT2D eigenvalue weighted by atomic mass is 35.5. The van der Waals surface area contributed by atoms with E-state index in [1.165, 1.54) is 0 Å². The van der Waals surface area contributed by atoms with Crippen LogP contribution >= 0.6 is 11.6 Å². The number of carbonyl (C=O) groups excluding carboxylic acids is 1. The zero-order chi connectivity index (χ0) is 13.2. The van der Waals surface area contributed by atoms with Crippen LogP contribution in [0.3, 0.4) is 0 Å². The van der Waals surface area contributed by atoms with E-state index in [9.17, 15) is 4.79 Å². The van der Waals surface area contributed by atoms with E-state index in [1.54, 1.807) is 24.4 Å². The van der Waals surface area contributed by atoms with Crippen LogP contribution in [-0.2, 0) is 0 Å². The van der Waals surface area contributed by atoms with Crippen LogP contribution in [0, 0.1) is 0 Å². The molecule has 2 aromatic carbocycles. The van der Waals surface area contributed by atoms with Crippen molar-refractivity contribution in [2.75, 3.05) is 0 Å². The molecular formula is C16H10ClNO. The van der Waals surface area contributed by atoms with Gasteiger partial charge in [0.1, 0.15) is 0 Å². The van der Waals surface area contributed by atoms with E-state index in [-0.39, 0.29) is 5.78 Å². The van der Waals surface area contributed by atoms with Crippen molar-refractivity contribution in [1.82, 2.24) is 4.98 Å². The van der Waals surface area contributed by atoms with Gasteiger partial charge >= 0.3 is 0 Å². The summed E-state index contributed by atoms with van der Waals surface area (Å²) in [7, 11) is 0. The number of carbonyl (C=O) groups is 1. The molecular weight excluding hydrogens is 258 g/mol. The Balaban J connectivity index is 2.20. The number of rotatable bonds is 2. The quantitative estimate of drug-likeness (QED) is 0.654. The van der Waals surface area contributed by atoms with E-state index in [0.717, 1.165) is 10.9 Å². The van der Waals surface area contributed by atoms with Gasteiger partial charge < -0.3 is 0 Å². The molecule has 0 aliphatic carbocycles. The van der Waals surface area contributed by atoms with Crippen molar-refractivity contribution in [2.45, 2.75) is 0 Å². The third kappa shape index (κ3) is 2.11. The third-order valence-corrected chi connectivity index (χ3v) is 3.34. The lowest BCUT2D eigenvalue weighted by Gasteiger charge is -2.06. The molecule has 0 saturated heterocycles. The second-order valence-corrected chi connectivity index (χ2v) is 4.59. The molecule has 3 aromatic rings. The van der Waals surface area contributed by atoms with Crippen molar-refractivity contribution in [1.29, 1.82) is 0 Å². The summed E-state index contributed by atoms with van der Waals surface area (Å²) in [4.78, 5) is 16.8. The zero-order valence-corrected chi connectivity index (χ0v) is 10.8. The van der Waals surface area contributed by atoms with E-state index in [1.807, 2.05) is 36.4 Å². The monoisotopic (exact) mass is 267 g/mol. The molecule has 3 heteroatoms. The first-order valence-electron chi connectivity index (χ1n) is 5.90. The molecule has 0 spiro atoms. The molecule has 92 valence electrons. The second-order valence-electron chi connectivity index (χ2n) is 4.18. The van der Waals surface area contributed by atoms with Gasteiger partial charge in [0, 0.05) is 22.7 Å². The summed E-state index contributed by atoms with van der Waals surface area (Å²) in [6, 6.07) is 16.4. The highest BCUT2D eigenvalue weighted by molar-refractivity contribution is 6.35. The van der Waals surface area contributed by atoms with Crippen molar-refractivity contribution in [2.24, 2.45) is 0 Å². The molecule has 0 N–H and O–H groups in total. The van der Waals surface area contributed by atoms with Crippen molar-refractivity contribution in [3.63, 3.8) is 0 Å². The Hall–Kier alpha value is -2.19. The maximum Gasteiger partial charge on any atom is 0.195 e. The average molecular weight is 268 g/mol. The van der Waals surface area contributed by atoms with E-state index in [0.29, 0.717) is 16.1 Å². The first-order valence-corrected chi connectivity index (χ1v) is 6.28. The number of hydrogen-bond donors (Lipinski definition) is 0. The fraction of sp³-hybridized carbons (Fsp3) is 0. The van der Waals surface area contributed by atoms with Crippen molar-refractivity contribution < 1.29 is 4.79 Å². The van der Waals surface area contributed by atoms with E-state index < -0.39 is 0 Å². The van der Waals surface area contributed by atoms with Crippen LogP contribution in [-0.4, -0.2) is 10.8 Å². The largest absolute Gasteiger partial charge is 0.289 e. The number of fused-ring (bicyclic) bond motifs is 1. The van der Waals surface area contributed by atoms with Crippen LogP contribution in [0.2, 0.25) is 5.02 Å². The van der Waals surface area contributed by atoms with Gasteiger partial charge in [-0.15, -0.1) is 0 Å². The lowest BCUT2D eigenvalue weighted by molar-refractivity contribution is 0.104. The molecule has 19 heavy (non-hydrogen) atoms. The van der Waals surface area contributed by atoms with Gasteiger partial charge in [-0.3, -0.25) is 9.78 Å². The Bertz CT molecular complexity index is 762. The van der Waals surface area contributed by atoms with Gasteiger partial charge in [-0.1, -0.05) is 41.9 Å². The molecule has 0 saturated carbocycles. The van der Waals surface area contributed by atoms with Gasteiger partial charge in [0.2, 0.25) is 0 Å². The summed E-state index contributed by atoms with van der Waals surface area (Å²) in [5.41, 5.74) is 1.94. The highest BCUT2D eigenvalue weighted by Crippen LogP contribution is 2.23. The smallest absolute Gasteiger partial charge is 0.195 e. The predicted molar refractivity (Wildman–Crippen MR) is 76.6 cm³/mol. The minimum Gasteiger partial charge on any atom is -0.289 e. The third-order valence-electron chi connectivity index (χ3n) is 3.01. The Kier molecular flexibility index (Phi) is 3.02. The molecule has 0 aliphatic heterocycles. The Morgan fingerprint density at radius 1 is 0.895 bits per heavy atom. The molecule has 0 aliphatic rings. The first kappa shape index (κ1) is 11.9. The van der Waals surface area contributed by atoms with E-state index in [4.69, 9.17) is 11.6 Å². The Labute approximate surface area is 115 Å². The van der Waals surface area contributed by atoms with Crippen LogP contribution in [0.15, 0.2) is 60.8 Å². The summed E-state index contributed by atoms with van der Waals surface area (Å²) in [5, 5.41) is 1.31. The van der Waals surface area contributed by atoms with E-state index in [2.05, 4.69) is 4.98 Å². The number of para-hydroxylation sites is 1. The van der Waals surface area contributed by atoms with Crippen LogP contribution in [0.1, 0.15) is 15.9 Å². The number of ketones is 1. The number of halogens is 1. The van der Waals surface area contributed by atoms with Gasteiger partial charge in [-0.25, -0.2) is 0 Å². The van der Waals surface area contributed by atoms with Crippen LogP contribution < -0.4 is 0 Å². The molecule has 0 unspecified atom stereocenters. The van der Waals surface area contributed by atoms with Gasteiger partial charge in [-0.05, 0) is 24.3 Å². The summed E-state index contributed by atoms with van der Waals surface area (Å²) in [5.74, 6) is -0.0794. The molecule has 2 nitrogen and oxygen atoms in total. The summed E-state index contributed by atoms with van der Waals surface area (Å²) >= 11 is 6.08. The number of benzene rings is 2. The zero-order valence-electron chi connectivity index (χ0n) is 10.0. The summed E-state index contributed by atoms with van der Waals surface area (Å²) < 4.78 is 0. The topological polar surface area (TPSA) is 30.0 Å². The SMILES string of the molecule is O=C(c1ccccc1Cl)c1ccnc2ccccc12. The molecule has 0 radical (unpaired) electrons. The van der Waals surface area contributed by atoms with Crippen LogP contribution in [0.25, 0.3) is 10.9 Å². The minimum absolute atomic E-state index is 0.0794. The van der Waals surface area contributed by atoms with Crippen molar-refractivity contribution >= 4 is 28.3 Å². The Morgan fingerprint density at radius 2 is 1.63 bits per heavy atom. The maximum absolute atomic E-state index is 12.6. The van der Waals surface area contributed by atoms with Gasteiger partial charge in [0.05, 0.1) is 10.5 Å². The number of pyridine rings is 1. The first-order chi connectivity index (χ1) is 9.27. The van der Waals surface area contributed by atoms with Crippen LogP contribution in [0.5, 0.6) is 0 Å². The molecule has 0 bridgehead atoms. The molecule has 0 atom stereocenters. The average Bonchev–Trinajstić information content (AvgIpc) is 2.46. The fourth-order valence-corrected chi connectivity index (χ4v) is 2.31. The normalized spacial score (nSPS) is 10.6. The molecule has 0 amide bonds. The number of aromatic nitrogens is 1. The fourth-order valence-electron chi connectivity index (χ4n) is 2.08. The molecule has 1 heterocycles. The standard InChI is InChI=1S/C16H10ClNO/c17-14-7-3-1-6-13(14)16(19)12-9-10-18-15-8-4-2-5-11(12)15/h1-10H. The van der Waals surface area contributed by atoms with Crippen LogP contribution in [0.4, 0.5) is 0 Å². The Morgan fingerprint density at radius 3 is 2.47 bits per heavy atom. The van der Waals surface area contributed by atoms with Gasteiger partial charge in [0.15, 0.2) is 5.78 Å². The van der Waals surface area contributed by atoms with E-state index >= 15 is 0 Å². The summed E-state index contributed by atoms with van der Waals surface area (Å²) in [6.45, 7) is 0. The maximum atomic E-state index is 12.6. The minimum atomic E-state index is -0.0794. The molecule has 3 rings (SSSR count). The van der Waals surface area contributed by atoms with Gasteiger partial charge in [0.25, 0.3) is 0 Å². The van der Waals surface area contributed by atoms with Gasteiger partial charge in [-0.2, -0.15) is 0 Å². The lowest BCUT2D eigenvalue weighted by Crippen LogP contribution is -2.03. The second kappa shape index (κ2) is 4.82. The highest BCUT2D eigenvalue weighted by Gasteiger charge is 2.14. The summed E-state index contributed by atoms with van der Waals surface area (Å²) in [6.07, 6.45) is 1.65. The van der Waals surface area contributed by atoms with Crippen molar-refractivity contribution in [3.8, 4) is 0 Å². The number of hydrogen-bond acceptors (Lipinski definition) is 2. The number of nitrogens with zero attached hydrogens (tertiary/aromatic N) is 1. The van der Waals surface area contributed by atoms with Crippen molar-refractivity contribution in [3.05, 3.63) is 76.9 Å².